The molecule has 0 aliphatic carbocycles. The highest BCUT2D eigenvalue weighted by molar-refractivity contribution is 7.15. The van der Waals surface area contributed by atoms with Gasteiger partial charge in [0.05, 0.1) is 31.4 Å². The minimum atomic E-state index is -0.947. The van der Waals surface area contributed by atoms with Crippen molar-refractivity contribution in [2.45, 2.75) is 53.0 Å². The van der Waals surface area contributed by atoms with Crippen molar-refractivity contribution in [1.82, 2.24) is 10.2 Å². The van der Waals surface area contributed by atoms with E-state index < -0.39 is 17.7 Å². The third-order valence-electron chi connectivity index (χ3n) is 6.19. The summed E-state index contributed by atoms with van der Waals surface area (Å²) in [5, 5.41) is 20.5. The quantitative estimate of drug-likeness (QED) is 0.129. The highest BCUT2D eigenvalue weighted by Crippen LogP contribution is 2.45. The lowest BCUT2D eigenvalue weighted by molar-refractivity contribution is -0.132. The number of hydrogen-bond acceptors (Lipinski definition) is 9. The van der Waals surface area contributed by atoms with E-state index in [0.717, 1.165) is 19.3 Å². The van der Waals surface area contributed by atoms with Crippen molar-refractivity contribution in [3.63, 3.8) is 0 Å². The lowest BCUT2D eigenvalue weighted by Crippen LogP contribution is -2.29. The molecular weight excluding hydrogens is 518 g/mol. The van der Waals surface area contributed by atoms with E-state index in [1.807, 2.05) is 13.8 Å². The van der Waals surface area contributed by atoms with Crippen molar-refractivity contribution in [3.8, 4) is 17.2 Å². The molecule has 10 heteroatoms. The van der Waals surface area contributed by atoms with E-state index in [1.54, 1.807) is 49.4 Å². The Labute approximate surface area is 232 Å². The number of ketones is 1. The van der Waals surface area contributed by atoms with Gasteiger partial charge in [-0.05, 0) is 69.2 Å². The molecular formula is C29H33N3O6S. The second-order valence-electron chi connectivity index (χ2n) is 8.92. The first kappa shape index (κ1) is 28.1. The first-order chi connectivity index (χ1) is 18.9. The third kappa shape index (κ3) is 6.06. The third-order valence-corrected chi connectivity index (χ3v) is 7.03. The maximum absolute atomic E-state index is 13.4. The van der Waals surface area contributed by atoms with Crippen LogP contribution in [0.25, 0.3) is 5.76 Å². The molecule has 9 nitrogen and oxygen atoms in total. The maximum atomic E-state index is 13.4. The van der Waals surface area contributed by atoms with Crippen LogP contribution in [-0.4, -0.2) is 46.8 Å². The van der Waals surface area contributed by atoms with Crippen LogP contribution < -0.4 is 19.1 Å². The van der Waals surface area contributed by atoms with Gasteiger partial charge in [-0.3, -0.25) is 14.5 Å². The van der Waals surface area contributed by atoms with E-state index in [1.165, 1.54) is 16.2 Å². The maximum Gasteiger partial charge on any atom is 0.301 e. The number of amides is 1. The molecule has 3 aromatic rings. The zero-order valence-corrected chi connectivity index (χ0v) is 23.4. The highest BCUT2D eigenvalue weighted by Gasteiger charge is 2.48. The van der Waals surface area contributed by atoms with E-state index in [2.05, 4.69) is 17.1 Å². The van der Waals surface area contributed by atoms with Crippen molar-refractivity contribution in [2.75, 3.05) is 24.7 Å². The number of aryl methyl sites for hydroxylation is 1. The minimum absolute atomic E-state index is 0.0453. The Balaban J connectivity index is 1.82. The molecule has 1 fully saturated rings. The van der Waals surface area contributed by atoms with Crippen molar-refractivity contribution >= 4 is 33.9 Å². The summed E-state index contributed by atoms with van der Waals surface area (Å²) in [6.45, 7) is 9.09. The van der Waals surface area contributed by atoms with Gasteiger partial charge in [0.1, 0.15) is 16.5 Å². The smallest absolute Gasteiger partial charge is 0.301 e. The molecule has 39 heavy (non-hydrogen) atoms. The van der Waals surface area contributed by atoms with E-state index in [9.17, 15) is 14.7 Å². The molecule has 1 amide bonds. The van der Waals surface area contributed by atoms with Crippen LogP contribution in [0.3, 0.4) is 0 Å². The number of anilines is 1. The van der Waals surface area contributed by atoms with Crippen molar-refractivity contribution in [2.24, 2.45) is 0 Å². The molecule has 2 aromatic carbocycles. The Hall–Kier alpha value is -3.92. The number of Topliss-reactive ketones (excluding diaryl/α,β-unsaturated/α-hetero) is 1. The number of carbonyl (C=O) groups is 2. The molecule has 0 saturated carbocycles. The molecule has 1 aliphatic rings. The van der Waals surface area contributed by atoms with Crippen LogP contribution in [0.5, 0.6) is 17.2 Å². The molecule has 1 atom stereocenters. The number of hydrogen-bond donors (Lipinski definition) is 1. The summed E-state index contributed by atoms with van der Waals surface area (Å²) < 4.78 is 17.3. The summed E-state index contributed by atoms with van der Waals surface area (Å²) in [6.07, 6.45) is 3.06. The number of nitrogens with zero attached hydrogens (tertiary/aromatic N) is 3. The van der Waals surface area contributed by atoms with Gasteiger partial charge in [0.15, 0.2) is 11.5 Å². The highest BCUT2D eigenvalue weighted by atomic mass is 32.1. The van der Waals surface area contributed by atoms with E-state index in [0.29, 0.717) is 53.2 Å². The van der Waals surface area contributed by atoms with E-state index >= 15 is 0 Å². The fraction of sp³-hybridized carbons (Fsp3) is 0.379. The second kappa shape index (κ2) is 12.8. The predicted octanol–water partition coefficient (Wildman–Crippen LogP) is 5.84. The normalized spacial score (nSPS) is 16.5. The average Bonchev–Trinajstić information content (AvgIpc) is 3.47. The molecule has 4 rings (SSSR count). The number of aromatic nitrogens is 2. The Morgan fingerprint density at radius 1 is 0.949 bits per heavy atom. The Kier molecular flexibility index (Phi) is 9.19. The molecule has 1 aliphatic heterocycles. The van der Waals surface area contributed by atoms with Crippen LogP contribution in [0.4, 0.5) is 5.13 Å². The summed E-state index contributed by atoms with van der Waals surface area (Å²) >= 11 is 1.19. The van der Waals surface area contributed by atoms with Crippen molar-refractivity contribution in [1.29, 1.82) is 0 Å². The van der Waals surface area contributed by atoms with Crippen LogP contribution in [-0.2, 0) is 9.59 Å². The molecule has 2 heterocycles. The van der Waals surface area contributed by atoms with Gasteiger partial charge in [-0.2, -0.15) is 0 Å². The zero-order chi connectivity index (χ0) is 27.9. The Morgan fingerprint density at radius 3 is 2.33 bits per heavy atom. The summed E-state index contributed by atoms with van der Waals surface area (Å²) in [4.78, 5) is 28.1. The fourth-order valence-electron chi connectivity index (χ4n) is 4.38. The summed E-state index contributed by atoms with van der Waals surface area (Å²) in [6, 6.07) is 11.1. The van der Waals surface area contributed by atoms with Crippen LogP contribution in [0, 0.1) is 6.92 Å². The second-order valence-corrected chi connectivity index (χ2v) is 10.1. The lowest BCUT2D eigenvalue weighted by Gasteiger charge is -2.23. The summed E-state index contributed by atoms with van der Waals surface area (Å²) in [5.41, 5.74) is 0.908. The largest absolute Gasteiger partial charge is 0.507 e. The van der Waals surface area contributed by atoms with Crippen LogP contribution in [0.1, 0.15) is 62.2 Å². The minimum Gasteiger partial charge on any atom is -0.507 e. The predicted molar refractivity (Wildman–Crippen MR) is 150 cm³/mol. The number of carbonyl (C=O) groups excluding carboxylic acids is 2. The van der Waals surface area contributed by atoms with Crippen LogP contribution in [0.2, 0.25) is 0 Å². The molecule has 1 N–H and O–H groups in total. The topological polar surface area (TPSA) is 111 Å². The van der Waals surface area contributed by atoms with Gasteiger partial charge in [0.2, 0.25) is 5.13 Å². The van der Waals surface area contributed by atoms with Gasteiger partial charge in [0, 0.05) is 5.56 Å². The standard InChI is InChI=1S/C29H33N3O6S/c1-5-8-9-16-38-22-15-12-20(17-23(22)37-7-3)25-24(26(33)19-10-13-21(14-11-19)36-6-2)27(34)28(35)32(25)29-31-30-18(4)39-29/h10-15,17,25,33H,5-9,16H2,1-4H3/b26-24+. The first-order valence-electron chi connectivity index (χ1n) is 13.1. The van der Waals surface area contributed by atoms with Crippen molar-refractivity contribution < 1.29 is 28.9 Å². The molecule has 1 unspecified atom stereocenters. The number of unbranched alkanes of at least 4 members (excludes halogenated alkanes) is 2. The van der Waals surface area contributed by atoms with Crippen molar-refractivity contribution in [3.05, 3.63) is 64.2 Å². The average molecular weight is 552 g/mol. The van der Waals surface area contributed by atoms with Crippen LogP contribution >= 0.6 is 11.3 Å². The monoisotopic (exact) mass is 551 g/mol. The molecule has 1 aromatic heterocycles. The molecule has 0 radical (unpaired) electrons. The SMILES string of the molecule is CCCCCOc1ccc(C2/C(=C(\O)c3ccc(OCC)cc3)C(=O)C(=O)N2c2nnc(C)s2)cc1OCC. The first-order valence-corrected chi connectivity index (χ1v) is 13.9. The fourth-order valence-corrected chi connectivity index (χ4v) is 5.09. The number of benzene rings is 2. The zero-order valence-electron chi connectivity index (χ0n) is 22.6. The van der Waals surface area contributed by atoms with Crippen LogP contribution in [0.15, 0.2) is 48.0 Å². The van der Waals surface area contributed by atoms with Gasteiger partial charge in [-0.1, -0.05) is 37.2 Å². The number of rotatable bonds is 12. The van der Waals surface area contributed by atoms with Gasteiger partial charge in [-0.25, -0.2) is 0 Å². The molecule has 0 bridgehead atoms. The van der Waals surface area contributed by atoms with Gasteiger partial charge >= 0.3 is 5.91 Å². The number of aliphatic hydroxyl groups is 1. The molecule has 1 saturated heterocycles. The van der Waals surface area contributed by atoms with E-state index in [-0.39, 0.29) is 16.5 Å². The number of aliphatic hydroxyl groups excluding tert-OH is 1. The number of ether oxygens (including phenoxy) is 3. The summed E-state index contributed by atoms with van der Waals surface area (Å²) in [5.74, 6) is -0.189. The van der Waals surface area contributed by atoms with Gasteiger partial charge < -0.3 is 19.3 Å². The Morgan fingerprint density at radius 2 is 1.69 bits per heavy atom. The molecule has 206 valence electrons. The Bertz CT molecular complexity index is 1350. The van der Waals surface area contributed by atoms with Gasteiger partial charge in [-0.15, -0.1) is 10.2 Å². The van der Waals surface area contributed by atoms with E-state index in [4.69, 9.17) is 14.2 Å². The molecule has 0 spiro atoms. The van der Waals surface area contributed by atoms with Gasteiger partial charge in [0.25, 0.3) is 5.78 Å². The lowest BCUT2D eigenvalue weighted by atomic mass is 9.95. The summed E-state index contributed by atoms with van der Waals surface area (Å²) in [7, 11) is 0.